The molecule has 0 aliphatic carbocycles. The van der Waals surface area contributed by atoms with E-state index < -0.39 is 8.07 Å². The van der Waals surface area contributed by atoms with Crippen LogP contribution in [0.1, 0.15) is 27.7 Å². The quantitative estimate of drug-likeness (QED) is 0.503. The van der Waals surface area contributed by atoms with E-state index in [-0.39, 0.29) is 9.68 Å². The Bertz CT molecular complexity index is 159. The molecule has 0 radical (unpaired) electrons. The molecule has 0 amide bonds. The second-order valence-electron chi connectivity index (χ2n) is 5.91. The molecule has 4 heteroatoms. The van der Waals surface area contributed by atoms with Crippen molar-refractivity contribution in [3.63, 3.8) is 0 Å². The molecular formula is C11H30N2Si2. The first-order valence-electron chi connectivity index (χ1n) is 6.30. The van der Waals surface area contributed by atoms with Gasteiger partial charge in [0.1, 0.15) is 0 Å². The zero-order valence-corrected chi connectivity index (χ0v) is 13.9. The molecule has 0 bridgehead atoms. The molecule has 0 heterocycles. The molecule has 0 unspecified atom stereocenters. The Hall–Kier alpha value is 0.354. The minimum Gasteiger partial charge on any atom is -0.340 e. The molecule has 15 heavy (non-hydrogen) atoms. The minimum atomic E-state index is -0.954. The van der Waals surface area contributed by atoms with Gasteiger partial charge in [0.15, 0.2) is 0 Å². The van der Waals surface area contributed by atoms with E-state index in [2.05, 4.69) is 51.1 Å². The van der Waals surface area contributed by atoms with E-state index in [1.54, 1.807) is 0 Å². The van der Waals surface area contributed by atoms with Crippen LogP contribution in [0, 0.1) is 0 Å². The third-order valence-electron chi connectivity index (χ3n) is 2.57. The zero-order valence-electron chi connectivity index (χ0n) is 11.5. The van der Waals surface area contributed by atoms with E-state index in [9.17, 15) is 0 Å². The van der Waals surface area contributed by atoms with E-state index in [0.29, 0.717) is 12.1 Å². The van der Waals surface area contributed by atoms with Crippen molar-refractivity contribution in [3.8, 4) is 0 Å². The summed E-state index contributed by atoms with van der Waals surface area (Å²) in [5.41, 5.74) is 0. The Labute approximate surface area is 99.5 Å². The molecule has 0 fully saturated rings. The van der Waals surface area contributed by atoms with Gasteiger partial charge in [-0.05, 0) is 12.2 Å². The molecule has 2 nitrogen and oxygen atoms in total. The van der Waals surface area contributed by atoms with Crippen LogP contribution < -0.4 is 10.3 Å². The maximum atomic E-state index is 3.62. The SMILES string of the molecule is CC(C)NC[Si](C)(C)CC[SiH2]NC(C)C. The maximum absolute atomic E-state index is 3.62. The highest BCUT2D eigenvalue weighted by Crippen LogP contribution is 2.10. The minimum absolute atomic E-state index is 0.00461. The molecule has 0 aromatic carbocycles. The molecule has 0 aliphatic heterocycles. The third-order valence-corrected chi connectivity index (χ3v) is 7.96. The van der Waals surface area contributed by atoms with Crippen LogP contribution in [0.2, 0.25) is 25.2 Å². The molecule has 0 aliphatic rings. The molecule has 0 rings (SSSR count). The first-order chi connectivity index (χ1) is 6.83. The number of nitrogens with one attached hydrogen (secondary N) is 2. The number of hydrogen-bond acceptors (Lipinski definition) is 2. The molecule has 0 spiro atoms. The van der Waals surface area contributed by atoms with Crippen LogP contribution in [0.3, 0.4) is 0 Å². The first-order valence-corrected chi connectivity index (χ1v) is 11.4. The van der Waals surface area contributed by atoms with Gasteiger partial charge in [0.2, 0.25) is 0 Å². The van der Waals surface area contributed by atoms with Gasteiger partial charge in [-0.15, -0.1) is 0 Å². The van der Waals surface area contributed by atoms with Crippen molar-refractivity contribution in [2.24, 2.45) is 0 Å². The summed E-state index contributed by atoms with van der Waals surface area (Å²) in [6.45, 7) is 14.0. The van der Waals surface area contributed by atoms with Gasteiger partial charge in [0, 0.05) is 6.04 Å². The Morgan fingerprint density at radius 3 is 2.13 bits per heavy atom. The van der Waals surface area contributed by atoms with Crippen molar-refractivity contribution in [1.82, 2.24) is 10.3 Å². The van der Waals surface area contributed by atoms with E-state index >= 15 is 0 Å². The summed E-state index contributed by atoms with van der Waals surface area (Å²) in [7, 11) is -0.950. The van der Waals surface area contributed by atoms with Crippen LogP contribution in [0.15, 0.2) is 0 Å². The fourth-order valence-electron chi connectivity index (χ4n) is 1.53. The van der Waals surface area contributed by atoms with Crippen LogP contribution in [0.5, 0.6) is 0 Å². The Kier molecular flexibility index (Phi) is 7.78. The molecular weight excluding hydrogens is 216 g/mol. The monoisotopic (exact) mass is 246 g/mol. The second-order valence-corrected chi connectivity index (χ2v) is 12.7. The molecule has 0 atom stereocenters. The van der Waals surface area contributed by atoms with E-state index in [1.165, 1.54) is 18.3 Å². The van der Waals surface area contributed by atoms with Gasteiger partial charge in [-0.1, -0.05) is 52.9 Å². The topological polar surface area (TPSA) is 24.1 Å². The fraction of sp³-hybridized carbons (Fsp3) is 1.00. The van der Waals surface area contributed by atoms with Crippen molar-refractivity contribution >= 4 is 17.8 Å². The zero-order chi connectivity index (χ0) is 11.9. The predicted molar refractivity (Wildman–Crippen MR) is 77.1 cm³/mol. The van der Waals surface area contributed by atoms with Gasteiger partial charge in [-0.3, -0.25) is 0 Å². The van der Waals surface area contributed by atoms with Crippen LogP contribution in [-0.2, 0) is 0 Å². The molecule has 0 aromatic heterocycles. The highest BCUT2D eigenvalue weighted by molar-refractivity contribution is 6.78. The predicted octanol–water partition coefficient (Wildman–Crippen LogP) is 1.73. The van der Waals surface area contributed by atoms with Gasteiger partial charge in [-0.25, -0.2) is 0 Å². The van der Waals surface area contributed by atoms with Crippen molar-refractivity contribution < 1.29 is 0 Å². The van der Waals surface area contributed by atoms with Gasteiger partial charge in [0.05, 0.1) is 17.8 Å². The Morgan fingerprint density at radius 2 is 1.67 bits per heavy atom. The lowest BCUT2D eigenvalue weighted by atomic mass is 10.4. The number of hydrogen-bond donors (Lipinski definition) is 2. The Balaban J connectivity index is 3.55. The van der Waals surface area contributed by atoms with Crippen molar-refractivity contribution in [3.05, 3.63) is 0 Å². The summed E-state index contributed by atoms with van der Waals surface area (Å²) in [6.07, 6.45) is 1.28. The smallest absolute Gasteiger partial charge is 0.0916 e. The summed E-state index contributed by atoms with van der Waals surface area (Å²) in [5, 5.41) is 3.59. The fourth-order valence-corrected chi connectivity index (χ4v) is 7.98. The van der Waals surface area contributed by atoms with Gasteiger partial charge in [0.25, 0.3) is 0 Å². The highest BCUT2D eigenvalue weighted by atomic mass is 28.3. The van der Waals surface area contributed by atoms with Crippen LogP contribution >= 0.6 is 0 Å². The highest BCUT2D eigenvalue weighted by Gasteiger charge is 2.19. The van der Waals surface area contributed by atoms with E-state index in [1.807, 2.05) is 0 Å². The summed E-state index contributed by atoms with van der Waals surface area (Å²) in [4.78, 5) is 3.62. The van der Waals surface area contributed by atoms with Gasteiger partial charge < -0.3 is 10.3 Å². The van der Waals surface area contributed by atoms with Crippen LogP contribution in [0.25, 0.3) is 0 Å². The van der Waals surface area contributed by atoms with E-state index in [0.717, 1.165) is 0 Å². The average molecular weight is 247 g/mol. The van der Waals surface area contributed by atoms with Crippen LogP contribution in [-0.4, -0.2) is 36.0 Å². The molecule has 0 aromatic rings. The average Bonchev–Trinajstić information content (AvgIpc) is 2.09. The molecule has 92 valence electrons. The lowest BCUT2D eigenvalue weighted by Gasteiger charge is -2.24. The summed E-state index contributed by atoms with van der Waals surface area (Å²) < 4.78 is 0. The third kappa shape index (κ3) is 10.6. The van der Waals surface area contributed by atoms with Crippen molar-refractivity contribution in [2.45, 2.75) is 65.0 Å². The Morgan fingerprint density at radius 1 is 1.07 bits per heavy atom. The molecule has 0 saturated heterocycles. The first kappa shape index (κ1) is 15.4. The van der Waals surface area contributed by atoms with Gasteiger partial charge >= 0.3 is 0 Å². The summed E-state index contributed by atoms with van der Waals surface area (Å²) in [5.74, 6) is 0. The largest absolute Gasteiger partial charge is 0.340 e. The maximum Gasteiger partial charge on any atom is 0.0916 e. The lowest BCUT2D eigenvalue weighted by molar-refractivity contribution is 0.642. The second kappa shape index (κ2) is 7.60. The standard InChI is InChI=1S/C11H30N2Si2/c1-10(2)12-9-15(5,6)8-7-14-13-11(3)4/h10-13H,7-9,14H2,1-6H3. The van der Waals surface area contributed by atoms with E-state index in [4.69, 9.17) is 0 Å². The van der Waals surface area contributed by atoms with Crippen molar-refractivity contribution in [1.29, 1.82) is 0 Å². The number of rotatable bonds is 8. The molecule has 0 saturated carbocycles. The normalized spacial score (nSPS) is 13.6. The van der Waals surface area contributed by atoms with Crippen molar-refractivity contribution in [2.75, 3.05) is 6.17 Å². The summed E-state index contributed by atoms with van der Waals surface area (Å²) in [6, 6.07) is 4.29. The van der Waals surface area contributed by atoms with Crippen LogP contribution in [0.4, 0.5) is 0 Å². The molecule has 2 N–H and O–H groups in total. The van der Waals surface area contributed by atoms with Gasteiger partial charge in [-0.2, -0.15) is 0 Å². The summed E-state index contributed by atoms with van der Waals surface area (Å²) >= 11 is 0. The lowest BCUT2D eigenvalue weighted by Crippen LogP contribution is -2.43.